The summed E-state index contributed by atoms with van der Waals surface area (Å²) in [7, 11) is 0. The zero-order valence-electron chi connectivity index (χ0n) is 10.5. The van der Waals surface area contributed by atoms with E-state index in [1.807, 2.05) is 4.90 Å². The monoisotopic (exact) mass is 247 g/mol. The molecule has 0 radical (unpaired) electrons. The van der Waals surface area contributed by atoms with Crippen LogP contribution in [0, 0.1) is 0 Å². The number of nitrogens with zero attached hydrogens (tertiary/aromatic N) is 3. The van der Waals surface area contributed by atoms with Crippen LogP contribution in [0.3, 0.4) is 0 Å². The van der Waals surface area contributed by atoms with E-state index in [0.717, 1.165) is 0 Å². The van der Waals surface area contributed by atoms with Gasteiger partial charge in [0.25, 0.3) is 0 Å². The fourth-order valence-corrected chi connectivity index (χ4v) is 1.38. The van der Waals surface area contributed by atoms with Crippen molar-refractivity contribution in [3.8, 4) is 0 Å². The Bertz CT molecular complexity index is 405. The van der Waals surface area contributed by atoms with Gasteiger partial charge in [-0.15, -0.1) is 23.4 Å². The Morgan fingerprint density at radius 2 is 2.00 bits per heavy atom. The van der Waals surface area contributed by atoms with Crippen molar-refractivity contribution in [1.29, 1.82) is 0 Å². The normalized spacial score (nSPS) is 9.61. The van der Waals surface area contributed by atoms with E-state index in [2.05, 4.69) is 23.4 Å². The first-order valence-electron chi connectivity index (χ1n) is 5.70. The van der Waals surface area contributed by atoms with Gasteiger partial charge in [0.1, 0.15) is 0 Å². The van der Waals surface area contributed by atoms with E-state index in [1.165, 1.54) is 0 Å². The first-order chi connectivity index (χ1) is 8.72. The Labute approximate surface area is 107 Å². The molecular formula is C13H17N3O2. The van der Waals surface area contributed by atoms with Crippen LogP contribution in [-0.2, 0) is 4.74 Å². The maximum atomic E-state index is 11.4. The molecule has 96 valence electrons. The highest BCUT2D eigenvalue weighted by atomic mass is 16.5. The molecule has 1 rings (SSSR count). The van der Waals surface area contributed by atoms with Crippen LogP contribution >= 0.6 is 0 Å². The third-order valence-corrected chi connectivity index (χ3v) is 2.16. The van der Waals surface area contributed by atoms with E-state index >= 15 is 0 Å². The lowest BCUT2D eigenvalue weighted by Gasteiger charge is -2.19. The largest absolute Gasteiger partial charge is 0.461 e. The molecular weight excluding hydrogens is 230 g/mol. The number of rotatable bonds is 7. The fourth-order valence-electron chi connectivity index (χ4n) is 1.38. The van der Waals surface area contributed by atoms with Crippen LogP contribution < -0.4 is 4.90 Å². The highest BCUT2D eigenvalue weighted by Crippen LogP contribution is 2.10. The van der Waals surface area contributed by atoms with E-state index in [1.54, 1.807) is 31.2 Å². The number of anilines is 1. The maximum Gasteiger partial charge on any atom is 0.358 e. The zero-order chi connectivity index (χ0) is 13.4. The second-order valence-corrected chi connectivity index (χ2v) is 3.48. The van der Waals surface area contributed by atoms with Gasteiger partial charge in [-0.25, -0.2) is 4.79 Å². The molecule has 1 aromatic rings. The average Bonchev–Trinajstić information content (AvgIpc) is 2.39. The van der Waals surface area contributed by atoms with Gasteiger partial charge >= 0.3 is 5.97 Å². The van der Waals surface area contributed by atoms with Crippen LogP contribution in [0.2, 0.25) is 0 Å². The number of ether oxygens (including phenoxy) is 1. The van der Waals surface area contributed by atoms with Crippen molar-refractivity contribution in [3.05, 3.63) is 43.1 Å². The summed E-state index contributed by atoms with van der Waals surface area (Å²) in [6.45, 7) is 10.7. The molecule has 0 spiro atoms. The molecule has 5 nitrogen and oxygen atoms in total. The number of hydrogen-bond acceptors (Lipinski definition) is 5. The summed E-state index contributed by atoms with van der Waals surface area (Å²) >= 11 is 0. The summed E-state index contributed by atoms with van der Waals surface area (Å²) in [5.74, 6) is 0.207. The number of esters is 1. The van der Waals surface area contributed by atoms with Gasteiger partial charge in [-0.3, -0.25) is 0 Å². The summed E-state index contributed by atoms with van der Waals surface area (Å²) in [6, 6.07) is 3.33. The Morgan fingerprint density at radius 3 is 2.44 bits per heavy atom. The first-order valence-corrected chi connectivity index (χ1v) is 5.70. The number of carbonyl (C=O) groups excluding carboxylic acids is 1. The molecule has 0 atom stereocenters. The van der Waals surface area contributed by atoms with Gasteiger partial charge in [-0.05, 0) is 19.1 Å². The van der Waals surface area contributed by atoms with Gasteiger partial charge in [0, 0.05) is 13.1 Å². The van der Waals surface area contributed by atoms with E-state index in [9.17, 15) is 4.79 Å². The lowest BCUT2D eigenvalue weighted by Crippen LogP contribution is -2.24. The average molecular weight is 247 g/mol. The van der Waals surface area contributed by atoms with Gasteiger partial charge in [0.2, 0.25) is 0 Å². The molecule has 0 N–H and O–H groups in total. The van der Waals surface area contributed by atoms with Gasteiger partial charge < -0.3 is 9.64 Å². The van der Waals surface area contributed by atoms with Crippen molar-refractivity contribution in [2.75, 3.05) is 24.6 Å². The van der Waals surface area contributed by atoms with Crippen LogP contribution in [0.5, 0.6) is 0 Å². The first kappa shape index (κ1) is 13.9. The minimum Gasteiger partial charge on any atom is -0.461 e. The minimum absolute atomic E-state index is 0.206. The number of hydrogen-bond donors (Lipinski definition) is 0. The molecule has 1 aromatic heterocycles. The smallest absolute Gasteiger partial charge is 0.358 e. The van der Waals surface area contributed by atoms with E-state index in [4.69, 9.17) is 4.74 Å². The zero-order valence-corrected chi connectivity index (χ0v) is 10.5. The summed E-state index contributed by atoms with van der Waals surface area (Å²) in [6.07, 6.45) is 3.54. The Kier molecular flexibility index (Phi) is 5.57. The summed E-state index contributed by atoms with van der Waals surface area (Å²) in [4.78, 5) is 13.3. The van der Waals surface area contributed by atoms with Crippen LogP contribution in [0.25, 0.3) is 0 Å². The van der Waals surface area contributed by atoms with E-state index < -0.39 is 5.97 Å². The fraction of sp³-hybridized carbons (Fsp3) is 0.308. The second-order valence-electron chi connectivity index (χ2n) is 3.48. The summed E-state index contributed by atoms with van der Waals surface area (Å²) in [5, 5.41) is 7.85. The molecule has 1 heterocycles. The SMILES string of the molecule is C=CCN(CC=C)c1ccc(C(=O)OCC)nn1. The van der Waals surface area contributed by atoms with Crippen molar-refractivity contribution >= 4 is 11.8 Å². The second kappa shape index (κ2) is 7.21. The lowest BCUT2D eigenvalue weighted by molar-refractivity contribution is 0.0518. The topological polar surface area (TPSA) is 55.3 Å². The summed E-state index contributed by atoms with van der Waals surface area (Å²) < 4.78 is 4.84. The third-order valence-electron chi connectivity index (χ3n) is 2.16. The van der Waals surface area contributed by atoms with Crippen molar-refractivity contribution < 1.29 is 9.53 Å². The third kappa shape index (κ3) is 3.69. The van der Waals surface area contributed by atoms with Crippen molar-refractivity contribution in [2.24, 2.45) is 0 Å². The molecule has 0 amide bonds. The van der Waals surface area contributed by atoms with Gasteiger partial charge in [0.05, 0.1) is 6.61 Å². The number of carbonyl (C=O) groups is 1. The predicted octanol–water partition coefficient (Wildman–Crippen LogP) is 1.83. The van der Waals surface area contributed by atoms with Crippen LogP contribution in [0.4, 0.5) is 5.82 Å². The molecule has 0 saturated heterocycles. The van der Waals surface area contributed by atoms with Crippen LogP contribution in [0.1, 0.15) is 17.4 Å². The van der Waals surface area contributed by atoms with Crippen molar-refractivity contribution in [1.82, 2.24) is 10.2 Å². The molecule has 0 aliphatic carbocycles. The van der Waals surface area contributed by atoms with Crippen molar-refractivity contribution in [3.63, 3.8) is 0 Å². The quantitative estimate of drug-likeness (QED) is 0.543. The Hall–Kier alpha value is -2.17. The molecule has 0 aliphatic rings. The minimum atomic E-state index is -0.462. The van der Waals surface area contributed by atoms with Gasteiger partial charge in [-0.1, -0.05) is 12.2 Å². The molecule has 0 saturated carbocycles. The Morgan fingerprint density at radius 1 is 1.33 bits per heavy atom. The molecule has 0 aromatic carbocycles. The Balaban J connectivity index is 2.82. The van der Waals surface area contributed by atoms with E-state index in [-0.39, 0.29) is 5.69 Å². The molecule has 0 bridgehead atoms. The van der Waals surface area contributed by atoms with E-state index in [0.29, 0.717) is 25.5 Å². The maximum absolute atomic E-state index is 11.4. The summed E-state index contributed by atoms with van der Waals surface area (Å²) in [5.41, 5.74) is 0.206. The predicted molar refractivity (Wildman–Crippen MR) is 70.6 cm³/mol. The number of aromatic nitrogens is 2. The molecule has 5 heteroatoms. The van der Waals surface area contributed by atoms with Crippen molar-refractivity contribution in [2.45, 2.75) is 6.92 Å². The highest BCUT2D eigenvalue weighted by Gasteiger charge is 2.10. The van der Waals surface area contributed by atoms with Crippen LogP contribution in [0.15, 0.2) is 37.4 Å². The molecule has 18 heavy (non-hydrogen) atoms. The van der Waals surface area contributed by atoms with Crippen LogP contribution in [-0.4, -0.2) is 35.9 Å². The standard InChI is InChI=1S/C13H17N3O2/c1-4-9-16(10-5-2)12-8-7-11(14-15-12)13(17)18-6-3/h4-5,7-8H,1-2,6,9-10H2,3H3. The molecule has 0 aliphatic heterocycles. The highest BCUT2D eigenvalue weighted by molar-refractivity contribution is 5.87. The molecule has 0 unspecified atom stereocenters. The lowest BCUT2D eigenvalue weighted by atomic mass is 10.3. The van der Waals surface area contributed by atoms with Gasteiger partial charge in [0.15, 0.2) is 11.5 Å². The van der Waals surface area contributed by atoms with Gasteiger partial charge in [-0.2, -0.15) is 0 Å². The molecule has 0 fully saturated rings.